The number of benzene rings is 2. The van der Waals surface area contributed by atoms with Crippen LogP contribution in [-0.4, -0.2) is 77.7 Å². The van der Waals surface area contributed by atoms with Gasteiger partial charge in [-0.15, -0.1) is 0 Å². The molecule has 2 atom stereocenters. The number of aryl methyl sites for hydroxylation is 1. The second-order valence-electron chi connectivity index (χ2n) is 10.2. The molecule has 10 nitrogen and oxygen atoms in total. The third-order valence-electron chi connectivity index (χ3n) is 7.26. The molecule has 0 saturated carbocycles. The molecule has 0 radical (unpaired) electrons. The highest BCUT2D eigenvalue weighted by Crippen LogP contribution is 2.28. The van der Waals surface area contributed by atoms with E-state index in [2.05, 4.69) is 15.1 Å². The number of rotatable bonds is 8. The van der Waals surface area contributed by atoms with E-state index >= 15 is 0 Å². The van der Waals surface area contributed by atoms with Crippen LogP contribution in [-0.2, 0) is 17.9 Å². The number of carbonyl (C=O) groups excluding carboxylic acids is 2. The third kappa shape index (κ3) is 5.94. The van der Waals surface area contributed by atoms with Gasteiger partial charge < -0.3 is 14.9 Å². The van der Waals surface area contributed by atoms with Crippen molar-refractivity contribution < 1.29 is 28.3 Å². The first-order chi connectivity index (χ1) is 20.0. The second-order valence-corrected chi connectivity index (χ2v) is 10.6. The van der Waals surface area contributed by atoms with Crippen molar-refractivity contribution in [2.75, 3.05) is 13.1 Å². The minimum absolute atomic E-state index is 0.0638. The molecule has 4 aromatic rings. The monoisotopic (exact) mass is 596 g/mol. The van der Waals surface area contributed by atoms with Gasteiger partial charge in [-0.2, -0.15) is 5.10 Å². The highest BCUT2D eigenvalue weighted by molar-refractivity contribution is 6.30. The average Bonchev–Trinajstić information content (AvgIpc) is 3.50. The molecule has 1 saturated heterocycles. The SMILES string of the molecule is CC(=O)c1nn(CC(=O)N2C[C@H](F)C[C@H]2CN(Cc2cccc(Cl)c2F)C(=O)O)c2ccc(-c3cnc(C)nc3)cc12. The summed E-state index contributed by atoms with van der Waals surface area (Å²) in [7, 11) is 0. The van der Waals surface area contributed by atoms with E-state index in [1.165, 1.54) is 34.7 Å². The maximum atomic E-state index is 14.6. The summed E-state index contributed by atoms with van der Waals surface area (Å²) < 4.78 is 30.4. The first-order valence-electron chi connectivity index (χ1n) is 13.2. The number of carbonyl (C=O) groups is 3. The number of nitrogens with zero attached hydrogens (tertiary/aromatic N) is 6. The van der Waals surface area contributed by atoms with Crippen molar-refractivity contribution in [3.63, 3.8) is 0 Å². The van der Waals surface area contributed by atoms with Crippen LogP contribution in [0.5, 0.6) is 0 Å². The molecular weight excluding hydrogens is 570 g/mol. The predicted octanol–water partition coefficient (Wildman–Crippen LogP) is 4.92. The molecule has 1 N–H and O–H groups in total. The summed E-state index contributed by atoms with van der Waals surface area (Å²) in [4.78, 5) is 48.6. The molecular formula is C29H27ClF2N6O4. The third-order valence-corrected chi connectivity index (χ3v) is 7.55. The molecule has 2 aromatic carbocycles. The Morgan fingerprint density at radius 1 is 1.14 bits per heavy atom. The van der Waals surface area contributed by atoms with Crippen molar-refractivity contribution in [1.82, 2.24) is 29.5 Å². The molecule has 0 spiro atoms. The number of hydrogen-bond acceptors (Lipinski definition) is 6. The summed E-state index contributed by atoms with van der Waals surface area (Å²) in [6.07, 6.45) is 0.565. The quantitative estimate of drug-likeness (QED) is 0.287. The zero-order valence-electron chi connectivity index (χ0n) is 22.8. The maximum Gasteiger partial charge on any atom is 0.407 e. The van der Waals surface area contributed by atoms with Crippen LogP contribution in [0.25, 0.3) is 22.0 Å². The number of ketones is 1. The molecule has 5 rings (SSSR count). The summed E-state index contributed by atoms with van der Waals surface area (Å²) in [6.45, 7) is 2.08. The van der Waals surface area contributed by atoms with Gasteiger partial charge in [-0.1, -0.05) is 29.8 Å². The predicted molar refractivity (Wildman–Crippen MR) is 150 cm³/mol. The van der Waals surface area contributed by atoms with Gasteiger partial charge in [-0.05, 0) is 30.7 Å². The number of alkyl halides is 1. The zero-order valence-corrected chi connectivity index (χ0v) is 23.6. The summed E-state index contributed by atoms with van der Waals surface area (Å²) >= 11 is 5.84. The van der Waals surface area contributed by atoms with Gasteiger partial charge in [-0.3, -0.25) is 14.3 Å². The van der Waals surface area contributed by atoms with Gasteiger partial charge in [0.2, 0.25) is 5.91 Å². The van der Waals surface area contributed by atoms with E-state index in [1.807, 2.05) is 0 Å². The molecule has 2 amide bonds. The fraction of sp³-hybridized carbons (Fsp3) is 0.310. The molecule has 42 heavy (non-hydrogen) atoms. The number of amides is 2. The molecule has 1 aliphatic rings. The minimum Gasteiger partial charge on any atom is -0.465 e. The Kier molecular flexibility index (Phi) is 8.17. The van der Waals surface area contributed by atoms with Crippen molar-refractivity contribution in [1.29, 1.82) is 0 Å². The number of halogens is 3. The average molecular weight is 597 g/mol. The lowest BCUT2D eigenvalue weighted by Gasteiger charge is -2.29. The van der Waals surface area contributed by atoms with Gasteiger partial charge in [0.15, 0.2) is 5.78 Å². The van der Waals surface area contributed by atoms with Crippen molar-refractivity contribution in [3.05, 3.63) is 76.7 Å². The topological polar surface area (TPSA) is 122 Å². The van der Waals surface area contributed by atoms with Crippen LogP contribution < -0.4 is 0 Å². The summed E-state index contributed by atoms with van der Waals surface area (Å²) in [5.41, 5.74) is 2.28. The lowest BCUT2D eigenvalue weighted by molar-refractivity contribution is -0.133. The Hall–Kier alpha value is -4.45. The first-order valence-corrected chi connectivity index (χ1v) is 13.5. The van der Waals surface area contributed by atoms with E-state index in [4.69, 9.17) is 11.6 Å². The van der Waals surface area contributed by atoms with Gasteiger partial charge in [0, 0.05) is 48.8 Å². The molecule has 1 aliphatic heterocycles. The Labute approximate surface area is 244 Å². The van der Waals surface area contributed by atoms with Gasteiger partial charge in [0.25, 0.3) is 0 Å². The molecule has 218 valence electrons. The lowest BCUT2D eigenvalue weighted by Crippen LogP contribution is -2.45. The van der Waals surface area contributed by atoms with Crippen LogP contribution >= 0.6 is 11.6 Å². The standard InChI is InChI=1S/C29H27ClF2N6O4/c1-16(39)28-23-8-18(20-10-33-17(2)34-11-20)6-7-25(23)38(35-28)15-26(40)37-13-21(31)9-22(37)14-36(29(41)42)12-19-4-3-5-24(30)27(19)32/h3-8,10-11,21-22H,9,12-15H2,1-2H3,(H,41,42)/t21-,22+/m1/s1. The smallest absolute Gasteiger partial charge is 0.407 e. The molecule has 0 bridgehead atoms. The molecule has 0 aliphatic carbocycles. The van der Waals surface area contributed by atoms with Gasteiger partial charge in [-0.25, -0.2) is 23.5 Å². The van der Waals surface area contributed by atoms with Crippen molar-refractivity contribution >= 4 is 40.3 Å². The second kappa shape index (κ2) is 11.8. The lowest BCUT2D eigenvalue weighted by atomic mass is 10.0. The van der Waals surface area contributed by atoms with Crippen molar-refractivity contribution in [2.45, 2.75) is 45.6 Å². The molecule has 13 heteroatoms. The fourth-order valence-electron chi connectivity index (χ4n) is 5.18. The van der Waals surface area contributed by atoms with Crippen molar-refractivity contribution in [2.24, 2.45) is 0 Å². The largest absolute Gasteiger partial charge is 0.465 e. The van der Waals surface area contributed by atoms with Crippen LogP contribution in [0.4, 0.5) is 13.6 Å². The highest BCUT2D eigenvalue weighted by atomic mass is 35.5. The summed E-state index contributed by atoms with van der Waals surface area (Å²) in [5, 5.41) is 14.6. The Bertz CT molecular complexity index is 1680. The van der Waals surface area contributed by atoms with E-state index in [0.29, 0.717) is 16.7 Å². The Morgan fingerprint density at radius 3 is 2.57 bits per heavy atom. The van der Waals surface area contributed by atoms with Gasteiger partial charge in [0.05, 0.1) is 29.7 Å². The number of carboxylic acid groups (broad SMARTS) is 1. The van der Waals surface area contributed by atoms with E-state index in [9.17, 15) is 28.3 Å². The molecule has 1 fully saturated rings. The number of aromatic nitrogens is 4. The summed E-state index contributed by atoms with van der Waals surface area (Å²) in [6, 6.07) is 8.81. The van der Waals surface area contributed by atoms with Gasteiger partial charge in [0.1, 0.15) is 30.1 Å². The number of Topliss-reactive ketones (excluding diaryl/α,β-unsaturated/α-hetero) is 1. The normalized spacial score (nSPS) is 16.6. The Balaban J connectivity index is 1.39. The molecule has 0 unspecified atom stereocenters. The van der Waals surface area contributed by atoms with Crippen LogP contribution in [0, 0.1) is 12.7 Å². The van der Waals surface area contributed by atoms with E-state index in [-0.39, 0.29) is 54.7 Å². The van der Waals surface area contributed by atoms with Crippen LogP contribution in [0.15, 0.2) is 48.8 Å². The van der Waals surface area contributed by atoms with Gasteiger partial charge >= 0.3 is 6.09 Å². The maximum absolute atomic E-state index is 14.6. The van der Waals surface area contributed by atoms with E-state index in [0.717, 1.165) is 16.0 Å². The van der Waals surface area contributed by atoms with Crippen LogP contribution in [0.1, 0.15) is 35.2 Å². The minimum atomic E-state index is -1.36. The van der Waals surface area contributed by atoms with E-state index < -0.39 is 30.0 Å². The van der Waals surface area contributed by atoms with Crippen molar-refractivity contribution in [3.8, 4) is 11.1 Å². The number of likely N-dealkylation sites (tertiary alicyclic amines) is 1. The number of hydrogen-bond donors (Lipinski definition) is 1. The van der Waals surface area contributed by atoms with Crippen LogP contribution in [0.2, 0.25) is 5.02 Å². The van der Waals surface area contributed by atoms with Crippen LogP contribution in [0.3, 0.4) is 0 Å². The highest BCUT2D eigenvalue weighted by Gasteiger charge is 2.37. The van der Waals surface area contributed by atoms with E-state index in [1.54, 1.807) is 37.5 Å². The fourth-order valence-corrected chi connectivity index (χ4v) is 5.37. The molecule has 3 heterocycles. The first kappa shape index (κ1) is 29.1. The molecule has 2 aromatic heterocycles. The zero-order chi connectivity index (χ0) is 30.1. The number of fused-ring (bicyclic) bond motifs is 1. The Morgan fingerprint density at radius 2 is 1.88 bits per heavy atom. The summed E-state index contributed by atoms with van der Waals surface area (Å²) in [5.74, 6) is -0.904.